The number of allylic oxidation sites excluding steroid dienone is 1. The molecule has 2 N–H and O–H groups in total. The van der Waals surface area contributed by atoms with Crippen molar-refractivity contribution < 1.29 is 9.53 Å². The molecule has 0 saturated heterocycles. The Hall–Kier alpha value is -1.15. The monoisotopic (exact) mass is 292 g/mol. The van der Waals surface area contributed by atoms with Crippen molar-refractivity contribution in [3.05, 3.63) is 10.6 Å². The Morgan fingerprint density at radius 2 is 1.75 bits per heavy atom. The van der Waals surface area contributed by atoms with E-state index in [9.17, 15) is 4.79 Å². The van der Waals surface area contributed by atoms with Gasteiger partial charge in [0.05, 0.1) is 0 Å². The average Bonchev–Trinajstić information content (AvgIpc) is 2.32. The van der Waals surface area contributed by atoms with Crippen molar-refractivity contribution in [1.29, 1.82) is 5.26 Å². The van der Waals surface area contributed by atoms with Gasteiger partial charge < -0.3 is 10.5 Å². The maximum absolute atomic E-state index is 12.3. The van der Waals surface area contributed by atoms with Crippen LogP contribution < -0.4 is 5.73 Å². The van der Waals surface area contributed by atoms with Crippen molar-refractivity contribution in [2.75, 3.05) is 0 Å². The van der Waals surface area contributed by atoms with E-state index >= 15 is 0 Å². The molecular formula is C15H20N2O2S. The van der Waals surface area contributed by atoms with Crippen LogP contribution in [0.1, 0.15) is 45.4 Å². The van der Waals surface area contributed by atoms with E-state index in [1.54, 1.807) is 6.92 Å². The smallest absolute Gasteiger partial charge is 0.348 e. The minimum atomic E-state index is -0.404. The van der Waals surface area contributed by atoms with Gasteiger partial charge in [-0.2, -0.15) is 5.26 Å². The Morgan fingerprint density at radius 1 is 1.25 bits per heavy atom. The molecule has 0 radical (unpaired) electrons. The highest BCUT2D eigenvalue weighted by Crippen LogP contribution is 2.57. The number of nitriles is 1. The summed E-state index contributed by atoms with van der Waals surface area (Å²) in [5.74, 6) is 1.77. The first-order chi connectivity index (χ1) is 9.51. The van der Waals surface area contributed by atoms with E-state index < -0.39 is 5.97 Å². The van der Waals surface area contributed by atoms with Crippen LogP contribution in [0.5, 0.6) is 0 Å². The number of thioether (sulfide) groups is 1. The fraction of sp³-hybridized carbons (Fsp3) is 0.733. The first-order valence-corrected chi connectivity index (χ1v) is 8.08. The molecule has 20 heavy (non-hydrogen) atoms. The van der Waals surface area contributed by atoms with Crippen molar-refractivity contribution >= 4 is 17.7 Å². The van der Waals surface area contributed by atoms with Crippen LogP contribution in [0.25, 0.3) is 0 Å². The molecule has 0 aromatic rings. The molecule has 5 heteroatoms. The van der Waals surface area contributed by atoms with Crippen LogP contribution in [0, 0.1) is 28.4 Å². The van der Waals surface area contributed by atoms with Crippen molar-refractivity contribution in [2.45, 2.75) is 51.0 Å². The maximum atomic E-state index is 12.3. The van der Waals surface area contributed by atoms with Gasteiger partial charge in [0.1, 0.15) is 15.9 Å². The summed E-state index contributed by atoms with van der Waals surface area (Å²) in [6.45, 7) is 1.64. The van der Waals surface area contributed by atoms with Gasteiger partial charge in [0.15, 0.2) is 0 Å². The summed E-state index contributed by atoms with van der Waals surface area (Å²) < 4.78 is 5.88. The molecule has 0 aromatic carbocycles. The molecule has 0 unspecified atom stereocenters. The highest BCUT2D eigenvalue weighted by Gasteiger charge is 2.53. The third kappa shape index (κ3) is 2.42. The molecule has 0 heterocycles. The van der Waals surface area contributed by atoms with Crippen molar-refractivity contribution in [3.63, 3.8) is 0 Å². The lowest BCUT2D eigenvalue weighted by Crippen LogP contribution is -2.52. The SMILES string of the molecule is CC(N)=C(SC#N)C(=O)OC12CC3CC(CC(C3)C1)C2. The van der Waals surface area contributed by atoms with Crippen molar-refractivity contribution in [1.82, 2.24) is 0 Å². The summed E-state index contributed by atoms with van der Waals surface area (Å²) in [5, 5.41) is 10.7. The van der Waals surface area contributed by atoms with E-state index in [1.165, 1.54) is 19.3 Å². The van der Waals surface area contributed by atoms with Crippen molar-refractivity contribution in [3.8, 4) is 5.40 Å². The predicted octanol–water partition coefficient (Wildman–Crippen LogP) is 2.90. The highest BCUT2D eigenvalue weighted by molar-refractivity contribution is 8.08. The molecule has 0 amide bonds. The molecule has 4 rings (SSSR count). The van der Waals surface area contributed by atoms with Crippen LogP contribution >= 0.6 is 11.8 Å². The van der Waals surface area contributed by atoms with Gasteiger partial charge in [-0.1, -0.05) is 0 Å². The van der Waals surface area contributed by atoms with Gasteiger partial charge in [-0.15, -0.1) is 0 Å². The predicted molar refractivity (Wildman–Crippen MR) is 77.1 cm³/mol. The van der Waals surface area contributed by atoms with E-state index in [2.05, 4.69) is 0 Å². The highest BCUT2D eigenvalue weighted by atomic mass is 32.2. The van der Waals surface area contributed by atoms with Gasteiger partial charge in [-0.05, 0) is 75.0 Å². The van der Waals surface area contributed by atoms with E-state index in [-0.39, 0.29) is 10.5 Å². The minimum Gasteiger partial charge on any atom is -0.455 e. The van der Waals surface area contributed by atoms with Gasteiger partial charge in [0, 0.05) is 5.70 Å². The quantitative estimate of drug-likeness (QED) is 0.492. The maximum Gasteiger partial charge on any atom is 0.348 e. The molecule has 0 spiro atoms. The number of ether oxygens (including phenoxy) is 1. The lowest BCUT2D eigenvalue weighted by molar-refractivity contribution is -0.181. The van der Waals surface area contributed by atoms with Crippen LogP contribution in [-0.2, 0) is 9.53 Å². The molecule has 4 fully saturated rings. The van der Waals surface area contributed by atoms with Gasteiger partial charge >= 0.3 is 5.97 Å². The van der Waals surface area contributed by atoms with E-state index in [0.717, 1.165) is 48.8 Å². The normalized spacial score (nSPS) is 39.1. The van der Waals surface area contributed by atoms with Gasteiger partial charge in [-0.3, -0.25) is 0 Å². The summed E-state index contributed by atoms with van der Waals surface area (Å²) in [5.41, 5.74) is 5.79. The standard InChI is InChI=1S/C15H20N2O2S/c1-9(17)13(20-8-16)14(18)19-15-5-10-2-11(6-15)4-12(3-10)7-15/h10-12H,2-7,17H2,1H3. The Kier molecular flexibility index (Phi) is 3.45. The van der Waals surface area contributed by atoms with Gasteiger partial charge in [-0.25, -0.2) is 4.79 Å². The van der Waals surface area contributed by atoms with E-state index in [0.29, 0.717) is 5.70 Å². The molecule has 0 aromatic heterocycles. The third-order valence-electron chi connectivity index (χ3n) is 4.98. The molecule has 108 valence electrons. The molecule has 0 atom stereocenters. The van der Waals surface area contributed by atoms with Crippen LogP contribution in [0.3, 0.4) is 0 Å². The summed E-state index contributed by atoms with van der Waals surface area (Å²) >= 11 is 0.807. The zero-order chi connectivity index (χ0) is 14.3. The fourth-order valence-corrected chi connectivity index (χ4v) is 5.11. The number of hydrogen-bond acceptors (Lipinski definition) is 5. The largest absolute Gasteiger partial charge is 0.455 e. The number of thiocyanates is 1. The summed E-state index contributed by atoms with van der Waals surface area (Å²) in [6.07, 6.45) is 6.92. The van der Waals surface area contributed by atoms with Crippen LogP contribution in [0.15, 0.2) is 10.6 Å². The topological polar surface area (TPSA) is 76.1 Å². The van der Waals surface area contributed by atoms with E-state index in [4.69, 9.17) is 15.7 Å². The van der Waals surface area contributed by atoms with Crippen molar-refractivity contribution in [2.24, 2.45) is 23.5 Å². The van der Waals surface area contributed by atoms with Crippen LogP contribution in [0.4, 0.5) is 0 Å². The second kappa shape index (κ2) is 5.00. The number of nitrogens with zero attached hydrogens (tertiary/aromatic N) is 1. The van der Waals surface area contributed by atoms with Gasteiger partial charge in [0.25, 0.3) is 0 Å². The molecule has 0 aliphatic heterocycles. The second-order valence-corrected chi connectivity index (χ2v) is 7.49. The van der Waals surface area contributed by atoms with Crippen LogP contribution in [-0.4, -0.2) is 11.6 Å². The first-order valence-electron chi connectivity index (χ1n) is 7.27. The van der Waals surface area contributed by atoms with E-state index in [1.807, 2.05) is 5.40 Å². The fourth-order valence-electron chi connectivity index (χ4n) is 4.73. The summed E-state index contributed by atoms with van der Waals surface area (Å²) in [4.78, 5) is 12.6. The minimum absolute atomic E-state index is 0.253. The number of carbonyl (C=O) groups is 1. The van der Waals surface area contributed by atoms with Gasteiger partial charge in [0.2, 0.25) is 0 Å². The Bertz CT molecular complexity index is 467. The summed E-state index contributed by atoms with van der Waals surface area (Å²) in [7, 11) is 0. The third-order valence-corrected chi connectivity index (χ3v) is 5.77. The number of nitrogens with two attached hydrogens (primary N) is 1. The second-order valence-electron chi connectivity index (χ2n) is 6.70. The number of esters is 1. The number of rotatable bonds is 3. The zero-order valence-electron chi connectivity index (χ0n) is 11.7. The number of carbonyl (C=O) groups excluding carboxylic acids is 1. The first kappa shape index (κ1) is 13.8. The Morgan fingerprint density at radius 3 is 2.15 bits per heavy atom. The molecular weight excluding hydrogens is 272 g/mol. The number of hydrogen-bond donors (Lipinski definition) is 1. The summed E-state index contributed by atoms with van der Waals surface area (Å²) in [6, 6.07) is 0. The zero-order valence-corrected chi connectivity index (χ0v) is 12.5. The average molecular weight is 292 g/mol. The lowest BCUT2D eigenvalue weighted by atomic mass is 9.54. The molecule has 4 saturated carbocycles. The molecule has 4 aliphatic rings. The molecule has 4 aliphatic carbocycles. The Labute approximate surface area is 123 Å². The molecule has 4 bridgehead atoms. The Balaban J connectivity index is 1.76. The van der Waals surface area contributed by atoms with Crippen LogP contribution in [0.2, 0.25) is 0 Å². The lowest BCUT2D eigenvalue weighted by Gasteiger charge is -2.55. The molecule has 4 nitrogen and oxygen atoms in total.